The van der Waals surface area contributed by atoms with Gasteiger partial charge in [-0.2, -0.15) is 0 Å². The average Bonchev–Trinajstić information content (AvgIpc) is 2.26. The second kappa shape index (κ2) is 5.86. The van der Waals surface area contributed by atoms with E-state index in [1.165, 1.54) is 0 Å². The Bertz CT molecular complexity index is 334. The van der Waals surface area contributed by atoms with Crippen molar-refractivity contribution in [1.82, 2.24) is 5.32 Å². The predicted octanol–water partition coefficient (Wildman–Crippen LogP) is 2.14. The average molecular weight is 233 g/mol. The maximum Gasteiger partial charge on any atom is 0.194 e. The SMILES string of the molecule is CCCNC(CO)c1cc(F)c(F)c(F)c1. The molecule has 2 N–H and O–H groups in total. The van der Waals surface area contributed by atoms with Gasteiger partial charge in [-0.05, 0) is 30.7 Å². The summed E-state index contributed by atoms with van der Waals surface area (Å²) in [6.45, 7) is 2.23. The second-order valence-corrected chi connectivity index (χ2v) is 3.49. The lowest BCUT2D eigenvalue weighted by atomic mass is 10.1. The van der Waals surface area contributed by atoms with E-state index in [2.05, 4.69) is 5.32 Å². The van der Waals surface area contributed by atoms with Crippen LogP contribution in [0.5, 0.6) is 0 Å². The molecule has 16 heavy (non-hydrogen) atoms. The molecule has 0 spiro atoms. The molecule has 5 heteroatoms. The molecule has 0 heterocycles. The molecule has 0 saturated carbocycles. The van der Waals surface area contributed by atoms with Crippen LogP contribution in [0.1, 0.15) is 24.9 Å². The second-order valence-electron chi connectivity index (χ2n) is 3.49. The first-order valence-electron chi connectivity index (χ1n) is 5.08. The molecule has 1 aromatic carbocycles. The molecule has 1 rings (SSSR count). The Morgan fingerprint density at radius 1 is 1.25 bits per heavy atom. The Labute approximate surface area is 92.1 Å². The van der Waals surface area contributed by atoms with Gasteiger partial charge in [0.15, 0.2) is 17.5 Å². The number of aliphatic hydroxyl groups excluding tert-OH is 1. The van der Waals surface area contributed by atoms with Crippen LogP contribution in [0, 0.1) is 17.5 Å². The Kier molecular flexibility index (Phi) is 4.76. The van der Waals surface area contributed by atoms with Crippen LogP contribution in [0.4, 0.5) is 13.2 Å². The summed E-state index contributed by atoms with van der Waals surface area (Å²) in [6, 6.07) is 1.20. The minimum atomic E-state index is -1.49. The van der Waals surface area contributed by atoms with Gasteiger partial charge in [0.1, 0.15) is 0 Å². The van der Waals surface area contributed by atoms with Crippen molar-refractivity contribution in [3.63, 3.8) is 0 Å². The lowest BCUT2D eigenvalue weighted by Crippen LogP contribution is -2.25. The molecule has 0 aromatic heterocycles. The largest absolute Gasteiger partial charge is 0.394 e. The van der Waals surface area contributed by atoms with Gasteiger partial charge in [-0.15, -0.1) is 0 Å². The minimum Gasteiger partial charge on any atom is -0.394 e. The Morgan fingerprint density at radius 2 is 1.81 bits per heavy atom. The minimum absolute atomic E-state index is 0.201. The van der Waals surface area contributed by atoms with Crippen LogP contribution in [0.3, 0.4) is 0 Å². The molecule has 0 fully saturated rings. The van der Waals surface area contributed by atoms with Gasteiger partial charge in [0.05, 0.1) is 12.6 Å². The molecule has 0 aliphatic carbocycles. The summed E-state index contributed by atoms with van der Waals surface area (Å²) in [6.07, 6.45) is 0.822. The van der Waals surface area contributed by atoms with Crippen LogP contribution in [0.15, 0.2) is 12.1 Å². The van der Waals surface area contributed by atoms with Gasteiger partial charge in [-0.3, -0.25) is 0 Å². The van der Waals surface area contributed by atoms with Gasteiger partial charge in [-0.25, -0.2) is 13.2 Å². The zero-order chi connectivity index (χ0) is 12.1. The van der Waals surface area contributed by atoms with Crippen LogP contribution in [-0.4, -0.2) is 18.3 Å². The van der Waals surface area contributed by atoms with Crippen LogP contribution in [0.25, 0.3) is 0 Å². The number of rotatable bonds is 5. The molecule has 1 atom stereocenters. The van der Waals surface area contributed by atoms with Crippen LogP contribution >= 0.6 is 0 Å². The number of aliphatic hydroxyl groups is 1. The summed E-state index contributed by atoms with van der Waals surface area (Å²) in [7, 11) is 0. The molecular weight excluding hydrogens is 219 g/mol. The summed E-state index contributed by atoms with van der Waals surface area (Å²) < 4.78 is 38.6. The molecule has 2 nitrogen and oxygen atoms in total. The molecule has 0 bridgehead atoms. The van der Waals surface area contributed by atoms with Crippen molar-refractivity contribution >= 4 is 0 Å². The standard InChI is InChI=1S/C11H14F3NO/c1-2-3-15-10(6-16)7-4-8(12)11(14)9(13)5-7/h4-5,10,15-16H,2-3,6H2,1H3. The fourth-order valence-electron chi connectivity index (χ4n) is 1.38. The molecule has 90 valence electrons. The summed E-state index contributed by atoms with van der Waals surface area (Å²) in [4.78, 5) is 0. The third kappa shape index (κ3) is 2.96. The fourth-order valence-corrected chi connectivity index (χ4v) is 1.38. The van der Waals surface area contributed by atoms with Crippen molar-refractivity contribution in [2.24, 2.45) is 0 Å². The molecule has 0 saturated heterocycles. The topological polar surface area (TPSA) is 32.3 Å². The highest BCUT2D eigenvalue weighted by molar-refractivity contribution is 5.22. The van der Waals surface area contributed by atoms with E-state index in [1.54, 1.807) is 0 Å². The van der Waals surface area contributed by atoms with Gasteiger partial charge in [0, 0.05) is 0 Å². The maximum absolute atomic E-state index is 12.9. The summed E-state index contributed by atoms with van der Waals surface area (Å²) in [5, 5.41) is 12.0. The van der Waals surface area contributed by atoms with Crippen molar-refractivity contribution in [3.8, 4) is 0 Å². The number of hydrogen-bond acceptors (Lipinski definition) is 2. The maximum atomic E-state index is 12.9. The summed E-state index contributed by atoms with van der Waals surface area (Å²) >= 11 is 0. The van der Waals surface area contributed by atoms with E-state index in [9.17, 15) is 13.2 Å². The van der Waals surface area contributed by atoms with E-state index >= 15 is 0 Å². The summed E-state index contributed by atoms with van der Waals surface area (Å²) in [5.74, 6) is -3.98. The van der Waals surface area contributed by atoms with Crippen molar-refractivity contribution in [2.45, 2.75) is 19.4 Å². The van der Waals surface area contributed by atoms with Gasteiger partial charge >= 0.3 is 0 Å². The van der Waals surface area contributed by atoms with Gasteiger partial charge in [0.2, 0.25) is 0 Å². The Hall–Kier alpha value is -1.07. The lowest BCUT2D eigenvalue weighted by Gasteiger charge is -2.16. The van der Waals surface area contributed by atoms with Gasteiger partial charge < -0.3 is 10.4 Å². The van der Waals surface area contributed by atoms with E-state index < -0.39 is 23.5 Å². The Morgan fingerprint density at radius 3 is 2.25 bits per heavy atom. The molecular formula is C11H14F3NO. The van der Waals surface area contributed by atoms with E-state index in [0.29, 0.717) is 6.54 Å². The highest BCUT2D eigenvalue weighted by Gasteiger charge is 2.16. The normalized spacial score (nSPS) is 12.8. The van der Waals surface area contributed by atoms with Gasteiger partial charge in [-0.1, -0.05) is 6.92 Å². The highest BCUT2D eigenvalue weighted by atomic mass is 19.2. The third-order valence-electron chi connectivity index (χ3n) is 2.23. The zero-order valence-electron chi connectivity index (χ0n) is 8.93. The predicted molar refractivity (Wildman–Crippen MR) is 54.4 cm³/mol. The molecule has 0 amide bonds. The van der Waals surface area contributed by atoms with Crippen molar-refractivity contribution in [1.29, 1.82) is 0 Å². The van der Waals surface area contributed by atoms with Crippen LogP contribution < -0.4 is 5.32 Å². The van der Waals surface area contributed by atoms with E-state index in [-0.39, 0.29) is 12.2 Å². The van der Waals surface area contributed by atoms with Crippen molar-refractivity contribution < 1.29 is 18.3 Å². The first-order chi connectivity index (χ1) is 7.60. The van der Waals surface area contributed by atoms with E-state index in [1.807, 2.05) is 6.92 Å². The fraction of sp³-hybridized carbons (Fsp3) is 0.455. The monoisotopic (exact) mass is 233 g/mol. The number of halogens is 3. The first kappa shape index (κ1) is 13.0. The van der Waals surface area contributed by atoms with Crippen molar-refractivity contribution in [3.05, 3.63) is 35.1 Å². The molecule has 0 radical (unpaired) electrons. The van der Waals surface area contributed by atoms with Crippen LogP contribution in [0.2, 0.25) is 0 Å². The molecule has 1 unspecified atom stereocenters. The third-order valence-corrected chi connectivity index (χ3v) is 2.23. The quantitative estimate of drug-likeness (QED) is 0.764. The number of hydrogen-bond donors (Lipinski definition) is 2. The summed E-state index contributed by atoms with van der Waals surface area (Å²) in [5.41, 5.74) is 0.201. The highest BCUT2D eigenvalue weighted by Crippen LogP contribution is 2.19. The van der Waals surface area contributed by atoms with Crippen molar-refractivity contribution in [2.75, 3.05) is 13.2 Å². The molecule has 0 aliphatic rings. The Balaban J connectivity index is 2.92. The smallest absolute Gasteiger partial charge is 0.194 e. The number of benzene rings is 1. The zero-order valence-corrected chi connectivity index (χ0v) is 8.93. The lowest BCUT2D eigenvalue weighted by molar-refractivity contribution is 0.244. The molecule has 1 aromatic rings. The number of nitrogens with one attached hydrogen (secondary N) is 1. The van der Waals surface area contributed by atoms with E-state index in [4.69, 9.17) is 5.11 Å². The van der Waals surface area contributed by atoms with Gasteiger partial charge in [0.25, 0.3) is 0 Å². The first-order valence-corrected chi connectivity index (χ1v) is 5.08. The van der Waals surface area contributed by atoms with E-state index in [0.717, 1.165) is 18.6 Å². The molecule has 0 aliphatic heterocycles. The van der Waals surface area contributed by atoms with Crippen LogP contribution in [-0.2, 0) is 0 Å².